The Bertz CT molecular complexity index is 905. The van der Waals surface area contributed by atoms with Crippen LogP contribution in [0, 0.1) is 17.8 Å². The summed E-state index contributed by atoms with van der Waals surface area (Å²) in [6.07, 6.45) is 13.8. The Morgan fingerprint density at radius 3 is 2.31 bits per heavy atom. The van der Waals surface area contributed by atoms with Crippen LogP contribution in [0.25, 0.3) is 0 Å². The van der Waals surface area contributed by atoms with Crippen molar-refractivity contribution < 1.29 is 14.6 Å². The van der Waals surface area contributed by atoms with E-state index < -0.39 is 5.60 Å². The number of aromatic nitrogens is 1. The minimum Gasteiger partial charge on any atom is -0.390 e. The van der Waals surface area contributed by atoms with Crippen molar-refractivity contribution in [2.75, 3.05) is 18.0 Å². The highest BCUT2D eigenvalue weighted by Crippen LogP contribution is 2.55. The van der Waals surface area contributed by atoms with Gasteiger partial charge in [0.1, 0.15) is 5.82 Å². The van der Waals surface area contributed by atoms with E-state index in [1.54, 1.807) is 0 Å². The summed E-state index contributed by atoms with van der Waals surface area (Å²) in [5.74, 6) is 2.67. The van der Waals surface area contributed by atoms with E-state index in [0.29, 0.717) is 35.9 Å². The predicted octanol–water partition coefficient (Wildman–Crippen LogP) is 3.71. The molecule has 7 heteroatoms. The number of piperidine rings is 2. The zero-order valence-corrected chi connectivity index (χ0v) is 20.7. The molecule has 6 bridgehead atoms. The minimum absolute atomic E-state index is 0.157. The molecule has 4 saturated carbocycles. The number of aliphatic hydroxyl groups is 1. The first-order valence-corrected chi connectivity index (χ1v) is 14.2. The Morgan fingerprint density at radius 2 is 1.69 bits per heavy atom. The molecule has 1 aromatic heterocycles. The van der Waals surface area contributed by atoms with Crippen molar-refractivity contribution in [3.05, 3.63) is 24.4 Å². The zero-order chi connectivity index (χ0) is 23.6. The number of ether oxygens (including phenoxy) is 1. The maximum atomic E-state index is 13.5. The van der Waals surface area contributed by atoms with E-state index in [4.69, 9.17) is 4.74 Å². The van der Waals surface area contributed by atoms with Gasteiger partial charge in [-0.15, -0.1) is 0 Å². The van der Waals surface area contributed by atoms with Crippen LogP contribution in [-0.4, -0.2) is 70.0 Å². The number of rotatable bonds is 4. The predicted molar refractivity (Wildman–Crippen MR) is 133 cm³/mol. The van der Waals surface area contributed by atoms with E-state index in [1.807, 2.05) is 12.3 Å². The van der Waals surface area contributed by atoms with E-state index >= 15 is 0 Å². The fraction of sp³-hybridized carbons (Fsp3) is 0.786. The fourth-order valence-corrected chi connectivity index (χ4v) is 9.04. The molecule has 5 atom stereocenters. The van der Waals surface area contributed by atoms with Crippen LogP contribution in [0.4, 0.5) is 10.6 Å². The lowest BCUT2D eigenvalue weighted by molar-refractivity contribution is -0.137. The summed E-state index contributed by atoms with van der Waals surface area (Å²) in [5.41, 5.74) is -0.444. The van der Waals surface area contributed by atoms with Crippen LogP contribution < -0.4 is 10.2 Å². The number of pyridine rings is 1. The van der Waals surface area contributed by atoms with Crippen molar-refractivity contribution in [3.63, 3.8) is 0 Å². The topological polar surface area (TPSA) is 77.9 Å². The largest absolute Gasteiger partial charge is 0.390 e. The van der Waals surface area contributed by atoms with Crippen molar-refractivity contribution in [2.45, 2.75) is 107 Å². The molecule has 1 aromatic rings. The number of urea groups is 1. The van der Waals surface area contributed by atoms with Crippen molar-refractivity contribution in [3.8, 4) is 0 Å². The molecule has 2 amide bonds. The molecule has 0 spiro atoms. The highest BCUT2D eigenvalue weighted by atomic mass is 16.5. The molecular formula is C28H40N4O3. The summed E-state index contributed by atoms with van der Waals surface area (Å²) in [6, 6.07) is 7.15. The Morgan fingerprint density at radius 1 is 0.971 bits per heavy atom. The second-order valence-corrected chi connectivity index (χ2v) is 12.6. The SMILES string of the molecule is O=C(NC1C2CC3CC1CC(O)(C3)C2)N1[C@@H]2CC[C@H]1CC(OC1CCN(c3ccccn3)CC1)C2. The molecule has 3 aliphatic heterocycles. The molecule has 7 nitrogen and oxygen atoms in total. The Balaban J connectivity index is 0.928. The summed E-state index contributed by atoms with van der Waals surface area (Å²) in [5, 5.41) is 14.4. The second-order valence-electron chi connectivity index (χ2n) is 12.6. The molecule has 3 saturated heterocycles. The summed E-state index contributed by atoms with van der Waals surface area (Å²) in [7, 11) is 0. The number of hydrogen-bond acceptors (Lipinski definition) is 5. The van der Waals surface area contributed by atoms with Gasteiger partial charge in [0.2, 0.25) is 0 Å². The molecule has 7 fully saturated rings. The van der Waals surface area contributed by atoms with Gasteiger partial charge in [0, 0.05) is 37.4 Å². The lowest BCUT2D eigenvalue weighted by Crippen LogP contribution is -2.64. The first-order valence-electron chi connectivity index (χ1n) is 14.2. The van der Waals surface area contributed by atoms with Crippen LogP contribution in [-0.2, 0) is 4.74 Å². The number of carbonyl (C=O) groups excluding carboxylic acids is 1. The van der Waals surface area contributed by atoms with Crippen molar-refractivity contribution in [1.82, 2.24) is 15.2 Å². The smallest absolute Gasteiger partial charge is 0.318 e. The van der Waals surface area contributed by atoms with E-state index in [1.165, 1.54) is 12.8 Å². The third-order valence-electron chi connectivity index (χ3n) is 10.3. The van der Waals surface area contributed by atoms with Gasteiger partial charge in [-0.25, -0.2) is 9.78 Å². The van der Waals surface area contributed by atoms with Crippen LogP contribution >= 0.6 is 0 Å². The summed E-state index contributed by atoms with van der Waals surface area (Å²) < 4.78 is 6.63. The third kappa shape index (κ3) is 4.12. The number of hydrogen-bond donors (Lipinski definition) is 2. The summed E-state index contributed by atoms with van der Waals surface area (Å²) >= 11 is 0. The highest BCUT2D eigenvalue weighted by molar-refractivity contribution is 5.76. The van der Waals surface area contributed by atoms with Gasteiger partial charge in [0.05, 0.1) is 17.8 Å². The van der Waals surface area contributed by atoms with Crippen LogP contribution in [0.2, 0.25) is 0 Å². The molecule has 2 N–H and O–H groups in total. The van der Waals surface area contributed by atoms with Crippen LogP contribution in [0.3, 0.4) is 0 Å². The number of nitrogens with one attached hydrogen (secondary N) is 1. The lowest BCUT2D eigenvalue weighted by Gasteiger charge is -2.58. The average Bonchev–Trinajstić information content (AvgIpc) is 3.12. The molecule has 0 radical (unpaired) electrons. The molecule has 7 aliphatic rings. The van der Waals surface area contributed by atoms with Crippen molar-refractivity contribution >= 4 is 11.8 Å². The maximum Gasteiger partial charge on any atom is 0.318 e. The van der Waals surface area contributed by atoms with Crippen LogP contribution in [0.5, 0.6) is 0 Å². The van der Waals surface area contributed by atoms with Gasteiger partial charge in [0.25, 0.3) is 0 Å². The second kappa shape index (κ2) is 8.62. The molecule has 3 unspecified atom stereocenters. The van der Waals surface area contributed by atoms with Crippen LogP contribution in [0.1, 0.15) is 70.6 Å². The molecule has 190 valence electrons. The van der Waals surface area contributed by atoms with E-state index in [2.05, 4.69) is 32.2 Å². The van der Waals surface area contributed by atoms with E-state index in [0.717, 1.165) is 76.7 Å². The lowest BCUT2D eigenvalue weighted by atomic mass is 9.52. The maximum absolute atomic E-state index is 13.5. The zero-order valence-electron chi connectivity index (χ0n) is 20.7. The van der Waals surface area contributed by atoms with E-state index in [9.17, 15) is 9.90 Å². The average molecular weight is 481 g/mol. The van der Waals surface area contributed by atoms with Crippen molar-refractivity contribution in [1.29, 1.82) is 0 Å². The summed E-state index contributed by atoms with van der Waals surface area (Å²) in [4.78, 5) is 22.5. The fourth-order valence-electron chi connectivity index (χ4n) is 9.04. The Labute approximate surface area is 208 Å². The monoisotopic (exact) mass is 480 g/mol. The van der Waals surface area contributed by atoms with Crippen LogP contribution in [0.15, 0.2) is 24.4 Å². The quantitative estimate of drug-likeness (QED) is 0.687. The molecule has 0 aromatic carbocycles. The molecule has 4 aliphatic carbocycles. The number of nitrogens with zero attached hydrogens (tertiary/aromatic N) is 3. The normalized spacial score (nSPS) is 42.5. The van der Waals surface area contributed by atoms with Gasteiger partial charge in [-0.3, -0.25) is 0 Å². The van der Waals surface area contributed by atoms with Gasteiger partial charge in [0.15, 0.2) is 0 Å². The Hall–Kier alpha value is -1.86. The van der Waals surface area contributed by atoms with Gasteiger partial charge >= 0.3 is 6.03 Å². The molecule has 35 heavy (non-hydrogen) atoms. The number of anilines is 1. The van der Waals surface area contributed by atoms with Gasteiger partial charge in [-0.1, -0.05) is 6.07 Å². The number of amides is 2. The first-order chi connectivity index (χ1) is 17.0. The molecule has 4 heterocycles. The first kappa shape index (κ1) is 22.3. The van der Waals surface area contributed by atoms with Gasteiger partial charge < -0.3 is 25.0 Å². The Kier molecular flexibility index (Phi) is 5.50. The van der Waals surface area contributed by atoms with Gasteiger partial charge in [-0.2, -0.15) is 0 Å². The summed E-state index contributed by atoms with van der Waals surface area (Å²) in [6.45, 7) is 1.99. The van der Waals surface area contributed by atoms with Gasteiger partial charge in [-0.05, 0) is 101 Å². The number of fused-ring (bicyclic) bond motifs is 2. The minimum atomic E-state index is -0.444. The van der Waals surface area contributed by atoms with Crippen molar-refractivity contribution in [2.24, 2.45) is 17.8 Å². The molecule has 8 rings (SSSR count). The highest BCUT2D eigenvalue weighted by Gasteiger charge is 2.55. The standard InChI is InChI=1S/C28H40N4O3/c33-27(30-26-19-11-18-12-20(26)17-28(34,15-18)16-19)32-21-4-5-22(32)14-24(13-21)35-23-6-9-31(10-7-23)25-3-1-2-8-29-25/h1-3,8,18-24,26,34H,4-7,9-17H2,(H,30,33)/t18?,19?,20?,21-,22+,24?,26?,28?. The molecular weight excluding hydrogens is 440 g/mol. The third-order valence-corrected chi connectivity index (χ3v) is 10.3. The van der Waals surface area contributed by atoms with E-state index in [-0.39, 0.29) is 18.2 Å². The number of carbonyl (C=O) groups is 1.